The van der Waals surface area contributed by atoms with Gasteiger partial charge in [-0.1, -0.05) is 12.8 Å². The summed E-state index contributed by atoms with van der Waals surface area (Å²) in [5, 5.41) is 0. The Bertz CT molecular complexity index is 490. The Balaban J connectivity index is 1.69. The molecular formula is C16H22N2O3. The van der Waals surface area contributed by atoms with Crippen LogP contribution in [0.15, 0.2) is 22.8 Å². The lowest BCUT2D eigenvalue weighted by Crippen LogP contribution is -2.46. The lowest BCUT2D eigenvalue weighted by molar-refractivity contribution is -0.142. The number of likely N-dealkylation sites (tertiary alicyclic amines) is 2. The van der Waals surface area contributed by atoms with Gasteiger partial charge in [0.15, 0.2) is 0 Å². The average molecular weight is 290 g/mol. The molecule has 2 aliphatic rings. The van der Waals surface area contributed by atoms with E-state index < -0.39 is 0 Å². The second kappa shape index (κ2) is 6.33. The Morgan fingerprint density at radius 3 is 2.67 bits per heavy atom. The van der Waals surface area contributed by atoms with Crippen molar-refractivity contribution >= 4 is 11.8 Å². The summed E-state index contributed by atoms with van der Waals surface area (Å²) in [5.74, 6) is 0.910. The second-order valence-corrected chi connectivity index (χ2v) is 5.89. The van der Waals surface area contributed by atoms with Gasteiger partial charge >= 0.3 is 0 Å². The molecule has 1 aromatic rings. The summed E-state index contributed by atoms with van der Waals surface area (Å²) >= 11 is 0. The zero-order valence-electron chi connectivity index (χ0n) is 12.3. The first-order valence-corrected chi connectivity index (χ1v) is 7.86. The maximum Gasteiger partial charge on any atom is 0.245 e. The van der Waals surface area contributed by atoms with E-state index in [2.05, 4.69) is 0 Å². The highest BCUT2D eigenvalue weighted by Crippen LogP contribution is 2.24. The molecular weight excluding hydrogens is 268 g/mol. The monoisotopic (exact) mass is 290 g/mol. The molecule has 2 amide bonds. The quantitative estimate of drug-likeness (QED) is 0.857. The Hall–Kier alpha value is -1.78. The van der Waals surface area contributed by atoms with Crippen LogP contribution in [0.1, 0.15) is 44.3 Å². The molecule has 5 nitrogen and oxygen atoms in total. The molecule has 3 heterocycles. The molecule has 2 aliphatic heterocycles. The normalized spacial score (nSPS) is 23.4. The number of nitrogens with zero attached hydrogens (tertiary/aromatic N) is 2. The van der Waals surface area contributed by atoms with Crippen molar-refractivity contribution in [1.82, 2.24) is 9.80 Å². The van der Waals surface area contributed by atoms with Gasteiger partial charge in [-0.05, 0) is 31.4 Å². The van der Waals surface area contributed by atoms with Crippen LogP contribution in [0.3, 0.4) is 0 Å². The molecule has 0 N–H and O–H groups in total. The third-order valence-corrected chi connectivity index (χ3v) is 4.44. The molecule has 0 spiro atoms. The molecule has 114 valence electrons. The highest BCUT2D eigenvalue weighted by Gasteiger charge is 2.38. The zero-order chi connectivity index (χ0) is 14.7. The van der Waals surface area contributed by atoms with Crippen molar-refractivity contribution in [3.05, 3.63) is 24.2 Å². The second-order valence-electron chi connectivity index (χ2n) is 5.89. The van der Waals surface area contributed by atoms with E-state index >= 15 is 0 Å². The Labute approximate surface area is 124 Å². The molecule has 3 rings (SSSR count). The van der Waals surface area contributed by atoms with E-state index in [1.165, 1.54) is 12.8 Å². The summed E-state index contributed by atoms with van der Waals surface area (Å²) in [5.41, 5.74) is 0. The molecule has 0 radical (unpaired) electrons. The Morgan fingerprint density at radius 2 is 2.00 bits per heavy atom. The smallest absolute Gasteiger partial charge is 0.245 e. The minimum Gasteiger partial charge on any atom is -0.467 e. The van der Waals surface area contributed by atoms with Gasteiger partial charge in [0.25, 0.3) is 0 Å². The summed E-state index contributed by atoms with van der Waals surface area (Å²) in [6.45, 7) is 2.06. The lowest BCUT2D eigenvalue weighted by Gasteiger charge is -2.29. The standard InChI is InChI=1S/C16H22N2O3/c19-15-8-7-14(18(15)12-13-6-5-11-21-13)16(20)17-9-3-1-2-4-10-17/h5-6,11,14H,1-4,7-10,12H2/t14-/m0/s1. The van der Waals surface area contributed by atoms with Crippen molar-refractivity contribution in [2.75, 3.05) is 13.1 Å². The summed E-state index contributed by atoms with van der Waals surface area (Å²) in [4.78, 5) is 28.5. The van der Waals surface area contributed by atoms with Crippen molar-refractivity contribution in [3.8, 4) is 0 Å². The van der Waals surface area contributed by atoms with Crippen LogP contribution in [0.4, 0.5) is 0 Å². The predicted molar refractivity (Wildman–Crippen MR) is 77.3 cm³/mol. The van der Waals surface area contributed by atoms with Gasteiger partial charge in [0.05, 0.1) is 12.8 Å². The van der Waals surface area contributed by atoms with Crippen molar-refractivity contribution in [2.45, 2.75) is 51.1 Å². The van der Waals surface area contributed by atoms with Gasteiger partial charge in [0, 0.05) is 19.5 Å². The highest BCUT2D eigenvalue weighted by atomic mass is 16.3. The van der Waals surface area contributed by atoms with Gasteiger partial charge in [-0.2, -0.15) is 0 Å². The molecule has 5 heteroatoms. The van der Waals surface area contributed by atoms with Crippen LogP contribution in [0.2, 0.25) is 0 Å². The first-order valence-electron chi connectivity index (χ1n) is 7.86. The molecule has 1 aromatic heterocycles. The fourth-order valence-corrected chi connectivity index (χ4v) is 3.26. The van der Waals surface area contributed by atoms with E-state index in [9.17, 15) is 9.59 Å². The number of furan rings is 1. The predicted octanol–water partition coefficient (Wildman–Crippen LogP) is 2.17. The van der Waals surface area contributed by atoms with Crippen LogP contribution >= 0.6 is 0 Å². The molecule has 21 heavy (non-hydrogen) atoms. The first kappa shape index (κ1) is 14.2. The summed E-state index contributed by atoms with van der Waals surface area (Å²) in [6, 6.07) is 3.35. The van der Waals surface area contributed by atoms with Gasteiger partial charge in [0.1, 0.15) is 11.8 Å². The first-order chi connectivity index (χ1) is 10.3. The van der Waals surface area contributed by atoms with Gasteiger partial charge in [-0.15, -0.1) is 0 Å². The number of carbonyl (C=O) groups is 2. The molecule has 0 bridgehead atoms. The molecule has 0 saturated carbocycles. The highest BCUT2D eigenvalue weighted by molar-refractivity contribution is 5.90. The van der Waals surface area contributed by atoms with Crippen LogP contribution in [0, 0.1) is 0 Å². The number of amides is 2. The maximum atomic E-state index is 12.7. The number of rotatable bonds is 3. The largest absolute Gasteiger partial charge is 0.467 e. The van der Waals surface area contributed by atoms with Crippen molar-refractivity contribution in [2.24, 2.45) is 0 Å². The van der Waals surface area contributed by atoms with E-state index in [1.54, 1.807) is 11.2 Å². The molecule has 0 aromatic carbocycles. The van der Waals surface area contributed by atoms with Crippen LogP contribution in [-0.2, 0) is 16.1 Å². The van der Waals surface area contributed by atoms with E-state index in [0.29, 0.717) is 19.4 Å². The third-order valence-electron chi connectivity index (χ3n) is 4.44. The number of carbonyl (C=O) groups excluding carboxylic acids is 2. The minimum absolute atomic E-state index is 0.0552. The molecule has 0 aliphatic carbocycles. The minimum atomic E-state index is -0.305. The van der Waals surface area contributed by atoms with Gasteiger partial charge in [0.2, 0.25) is 11.8 Å². The van der Waals surface area contributed by atoms with E-state index in [0.717, 1.165) is 31.7 Å². The average Bonchev–Trinajstić information content (AvgIpc) is 3.02. The SMILES string of the molecule is O=C([C@@H]1CCC(=O)N1Cc1ccco1)N1CCCCCC1. The zero-order valence-corrected chi connectivity index (χ0v) is 12.3. The number of hydrogen-bond donors (Lipinski definition) is 0. The molecule has 2 saturated heterocycles. The topological polar surface area (TPSA) is 53.8 Å². The molecule has 0 unspecified atom stereocenters. The fourth-order valence-electron chi connectivity index (χ4n) is 3.26. The molecule has 1 atom stereocenters. The number of hydrogen-bond acceptors (Lipinski definition) is 3. The van der Waals surface area contributed by atoms with Gasteiger partial charge < -0.3 is 14.2 Å². The van der Waals surface area contributed by atoms with E-state index in [-0.39, 0.29) is 17.9 Å². The molecule has 2 fully saturated rings. The van der Waals surface area contributed by atoms with Crippen molar-refractivity contribution in [1.29, 1.82) is 0 Å². The third kappa shape index (κ3) is 3.12. The summed E-state index contributed by atoms with van der Waals surface area (Å²) in [7, 11) is 0. The van der Waals surface area contributed by atoms with E-state index in [4.69, 9.17) is 4.42 Å². The van der Waals surface area contributed by atoms with Crippen LogP contribution in [-0.4, -0.2) is 40.7 Å². The van der Waals surface area contributed by atoms with Crippen molar-refractivity contribution in [3.63, 3.8) is 0 Å². The van der Waals surface area contributed by atoms with E-state index in [1.807, 2.05) is 17.0 Å². The Morgan fingerprint density at radius 1 is 1.24 bits per heavy atom. The summed E-state index contributed by atoms with van der Waals surface area (Å²) < 4.78 is 5.32. The van der Waals surface area contributed by atoms with Crippen LogP contribution in [0.5, 0.6) is 0 Å². The maximum absolute atomic E-state index is 12.7. The van der Waals surface area contributed by atoms with Crippen LogP contribution < -0.4 is 0 Å². The Kier molecular flexibility index (Phi) is 4.27. The lowest BCUT2D eigenvalue weighted by atomic mass is 10.2. The fraction of sp³-hybridized carbons (Fsp3) is 0.625. The van der Waals surface area contributed by atoms with Crippen LogP contribution in [0.25, 0.3) is 0 Å². The summed E-state index contributed by atoms with van der Waals surface area (Å²) in [6.07, 6.45) is 7.24. The van der Waals surface area contributed by atoms with Gasteiger partial charge in [-0.3, -0.25) is 9.59 Å². The van der Waals surface area contributed by atoms with Gasteiger partial charge in [-0.25, -0.2) is 0 Å². The van der Waals surface area contributed by atoms with Crippen molar-refractivity contribution < 1.29 is 14.0 Å².